The van der Waals surface area contributed by atoms with Crippen LogP contribution in [0.3, 0.4) is 0 Å². The lowest BCUT2D eigenvalue weighted by molar-refractivity contribution is 0.0520. The van der Waals surface area contributed by atoms with E-state index in [9.17, 15) is 0 Å². The maximum absolute atomic E-state index is 7.40. The molecule has 0 aromatic heterocycles. The molecule has 346 valence electrons. The normalized spacial score (nSPS) is 13.3. The Hall–Kier alpha value is -5.94. The summed E-state index contributed by atoms with van der Waals surface area (Å²) in [5, 5.41) is 4.66. The molecule has 0 aliphatic rings. The molecular formula is C60H62N2O4P2. The molecule has 0 fully saturated rings. The van der Waals surface area contributed by atoms with Crippen molar-refractivity contribution in [2.75, 3.05) is 39.4 Å². The number of hydrogen-bond donors (Lipinski definition) is 0. The van der Waals surface area contributed by atoms with E-state index in [-0.39, 0.29) is 24.3 Å². The van der Waals surface area contributed by atoms with E-state index in [1.54, 1.807) is 0 Å². The van der Waals surface area contributed by atoms with Gasteiger partial charge in [-0.2, -0.15) is 0 Å². The molecule has 0 amide bonds. The summed E-state index contributed by atoms with van der Waals surface area (Å²) in [5.41, 5.74) is 2.50. The minimum Gasteiger partial charge on any atom is -0.491 e. The third kappa shape index (κ3) is 14.3. The number of rotatable bonds is 25. The maximum atomic E-state index is 7.40. The number of benzene rings is 8. The van der Waals surface area contributed by atoms with Crippen LogP contribution in [0.15, 0.2) is 243 Å². The van der Waals surface area contributed by atoms with Crippen LogP contribution in [-0.4, -0.2) is 61.4 Å². The second-order valence-corrected chi connectivity index (χ2v) is 20.5. The van der Waals surface area contributed by atoms with Crippen molar-refractivity contribution in [2.24, 2.45) is 0 Å². The first-order chi connectivity index (χ1) is 33.6. The zero-order valence-electron chi connectivity index (χ0n) is 39.1. The van der Waals surface area contributed by atoms with Crippen LogP contribution in [0.4, 0.5) is 0 Å². The molecule has 0 bridgehead atoms. The van der Waals surface area contributed by atoms with Crippen molar-refractivity contribution >= 4 is 37.5 Å². The van der Waals surface area contributed by atoms with Crippen LogP contribution in [0.1, 0.15) is 37.1 Å². The fourth-order valence-corrected chi connectivity index (χ4v) is 12.0. The van der Waals surface area contributed by atoms with Crippen molar-refractivity contribution in [3.63, 3.8) is 0 Å². The van der Waals surface area contributed by atoms with E-state index in [0.29, 0.717) is 26.3 Å². The Balaban J connectivity index is 1.13. The summed E-state index contributed by atoms with van der Waals surface area (Å²) in [5.74, 6) is 1.65. The zero-order valence-corrected chi connectivity index (χ0v) is 40.9. The van der Waals surface area contributed by atoms with E-state index in [2.05, 4.69) is 206 Å². The molecule has 0 aliphatic carbocycles. The Kier molecular flexibility index (Phi) is 18.5. The molecular weight excluding hydrogens is 875 g/mol. The Morgan fingerprint density at radius 2 is 0.588 bits per heavy atom. The minimum atomic E-state index is -1.17. The summed E-state index contributed by atoms with van der Waals surface area (Å²) >= 11 is 0. The molecule has 0 saturated carbocycles. The van der Waals surface area contributed by atoms with E-state index in [1.165, 1.54) is 32.3 Å². The van der Waals surface area contributed by atoms with Crippen molar-refractivity contribution in [1.29, 1.82) is 0 Å². The molecule has 0 saturated heterocycles. The van der Waals surface area contributed by atoms with E-state index in [4.69, 9.17) is 18.5 Å². The Bertz CT molecular complexity index is 2320. The summed E-state index contributed by atoms with van der Waals surface area (Å²) in [6, 6.07) is 84.5. The molecule has 0 aliphatic heterocycles. The van der Waals surface area contributed by atoms with Gasteiger partial charge in [-0.1, -0.05) is 218 Å². The highest BCUT2D eigenvalue weighted by molar-refractivity contribution is 7.68. The van der Waals surface area contributed by atoms with Crippen LogP contribution in [-0.2, 0) is 9.05 Å². The van der Waals surface area contributed by atoms with Gasteiger partial charge in [-0.05, 0) is 49.2 Å². The van der Waals surface area contributed by atoms with Crippen LogP contribution in [0, 0.1) is 0 Å². The molecule has 0 heterocycles. The van der Waals surface area contributed by atoms with Gasteiger partial charge < -0.3 is 18.5 Å². The SMILES string of the molecule is C[C@H](c1ccccc1)N(CCN(C[C@@H](COc1ccccc1)OP(c1ccccc1)c1ccccc1)[C@H](C)c1ccccc1)C[C@@H](COc1ccccc1)OP(c1ccccc1)c1ccccc1. The first-order valence-corrected chi connectivity index (χ1v) is 26.2. The van der Waals surface area contributed by atoms with Gasteiger partial charge in [-0.3, -0.25) is 9.80 Å². The standard InChI is InChI=1S/C60H62N2O4P2/c1-49(51-27-11-3-12-28-51)61(45-55(47-63-53-31-15-5-16-32-53)65-67(57-35-19-7-20-36-57)58-37-21-8-22-38-58)43-44-62(50(2)52-29-13-4-14-30-52)46-56(48-64-54-33-17-6-18-34-54)66-68(59-39-23-9-24-40-59)60-41-25-10-26-42-60/h3-42,49-50,55-56H,43-48H2,1-2H3/t49-,50-,55+,56+/m1/s1. The van der Waals surface area contributed by atoms with Gasteiger partial charge in [-0.15, -0.1) is 0 Å². The van der Waals surface area contributed by atoms with Crippen LogP contribution in [0.25, 0.3) is 0 Å². The number of hydrogen-bond acceptors (Lipinski definition) is 6. The zero-order chi connectivity index (χ0) is 46.6. The third-order valence-corrected chi connectivity index (χ3v) is 16.1. The van der Waals surface area contributed by atoms with Gasteiger partial charge in [-0.25, -0.2) is 0 Å². The fraction of sp³-hybridized carbons (Fsp3) is 0.200. The van der Waals surface area contributed by atoms with Crippen LogP contribution in [0.2, 0.25) is 0 Å². The van der Waals surface area contributed by atoms with Gasteiger partial charge in [0.25, 0.3) is 0 Å². The fourth-order valence-electron chi connectivity index (χ4n) is 8.29. The van der Waals surface area contributed by atoms with Crippen molar-refractivity contribution in [3.8, 4) is 11.5 Å². The van der Waals surface area contributed by atoms with E-state index >= 15 is 0 Å². The van der Waals surface area contributed by atoms with Gasteiger partial charge in [0.15, 0.2) is 0 Å². The monoisotopic (exact) mass is 936 g/mol. The van der Waals surface area contributed by atoms with Crippen molar-refractivity contribution < 1.29 is 18.5 Å². The number of para-hydroxylation sites is 2. The van der Waals surface area contributed by atoms with Crippen molar-refractivity contribution in [2.45, 2.75) is 38.1 Å². The predicted octanol–water partition coefficient (Wildman–Crippen LogP) is 12.1. The molecule has 0 N–H and O–H groups in total. The lowest BCUT2D eigenvalue weighted by atomic mass is 10.1. The average molecular weight is 937 g/mol. The smallest absolute Gasteiger partial charge is 0.119 e. The lowest BCUT2D eigenvalue weighted by Gasteiger charge is -2.38. The van der Waals surface area contributed by atoms with E-state index in [1.807, 2.05) is 60.7 Å². The van der Waals surface area contributed by atoms with Crippen LogP contribution >= 0.6 is 16.3 Å². The Morgan fingerprint density at radius 1 is 0.338 bits per heavy atom. The minimum absolute atomic E-state index is 0.0741. The summed E-state index contributed by atoms with van der Waals surface area (Å²) in [4.78, 5) is 5.17. The second kappa shape index (κ2) is 26.0. The number of ether oxygens (including phenoxy) is 2. The first kappa shape index (κ1) is 48.5. The molecule has 8 aromatic carbocycles. The van der Waals surface area contributed by atoms with E-state index < -0.39 is 16.3 Å². The van der Waals surface area contributed by atoms with Gasteiger partial charge >= 0.3 is 0 Å². The average Bonchev–Trinajstić information content (AvgIpc) is 3.42. The quantitative estimate of drug-likeness (QED) is 0.0532. The second-order valence-electron chi connectivity index (χ2n) is 16.8. The highest BCUT2D eigenvalue weighted by Crippen LogP contribution is 2.39. The highest BCUT2D eigenvalue weighted by Gasteiger charge is 2.30. The van der Waals surface area contributed by atoms with Crippen molar-refractivity contribution in [1.82, 2.24) is 9.80 Å². The largest absolute Gasteiger partial charge is 0.491 e. The van der Waals surface area contributed by atoms with Crippen LogP contribution < -0.4 is 30.7 Å². The Morgan fingerprint density at radius 3 is 0.868 bits per heavy atom. The first-order valence-electron chi connectivity index (χ1n) is 23.6. The topological polar surface area (TPSA) is 43.4 Å². The summed E-state index contributed by atoms with van der Waals surface area (Å²) in [7, 11) is -2.33. The van der Waals surface area contributed by atoms with Crippen LogP contribution in [0.5, 0.6) is 11.5 Å². The van der Waals surface area contributed by atoms with Gasteiger partial charge in [0.05, 0.1) is 16.3 Å². The lowest BCUT2D eigenvalue weighted by Crippen LogP contribution is -2.45. The predicted molar refractivity (Wildman–Crippen MR) is 285 cm³/mol. The molecule has 0 radical (unpaired) electrons. The summed E-state index contributed by atoms with van der Waals surface area (Å²) in [6.07, 6.45) is -0.549. The third-order valence-electron chi connectivity index (χ3n) is 12.0. The summed E-state index contributed by atoms with van der Waals surface area (Å²) in [6.45, 7) is 8.20. The highest BCUT2D eigenvalue weighted by atomic mass is 31.1. The molecule has 0 unspecified atom stereocenters. The molecule has 6 nitrogen and oxygen atoms in total. The molecule has 68 heavy (non-hydrogen) atoms. The van der Waals surface area contributed by atoms with Gasteiger partial charge in [0.1, 0.15) is 36.9 Å². The maximum Gasteiger partial charge on any atom is 0.119 e. The molecule has 8 aromatic rings. The van der Waals surface area contributed by atoms with Gasteiger partial charge in [0.2, 0.25) is 0 Å². The van der Waals surface area contributed by atoms with Gasteiger partial charge in [0, 0.05) is 59.5 Å². The number of nitrogens with zero attached hydrogens (tertiary/aromatic N) is 2. The van der Waals surface area contributed by atoms with Crippen molar-refractivity contribution in [3.05, 3.63) is 254 Å². The van der Waals surface area contributed by atoms with E-state index in [0.717, 1.165) is 24.6 Å². The molecule has 4 atom stereocenters. The molecule has 8 rings (SSSR count). The Labute approximate surface area is 406 Å². The molecule has 8 heteroatoms. The summed E-state index contributed by atoms with van der Waals surface area (Å²) < 4.78 is 28.0. The molecule has 0 spiro atoms.